The summed E-state index contributed by atoms with van der Waals surface area (Å²) in [6.45, 7) is 0.991. The number of hydrogen-bond acceptors (Lipinski definition) is 5. The van der Waals surface area contributed by atoms with Gasteiger partial charge in [-0.2, -0.15) is 0 Å². The number of nitrogens with zero attached hydrogens (tertiary/aromatic N) is 2. The lowest BCUT2D eigenvalue weighted by molar-refractivity contribution is -0.121. The highest BCUT2D eigenvalue weighted by molar-refractivity contribution is 5.77. The number of nitrogens with one attached hydrogen (secondary N) is 1. The molecule has 204 valence electrons. The molecule has 40 heavy (non-hydrogen) atoms. The van der Waals surface area contributed by atoms with Gasteiger partial charge in [-0.1, -0.05) is 60.7 Å². The Morgan fingerprint density at radius 1 is 0.875 bits per heavy atom. The van der Waals surface area contributed by atoms with E-state index in [0.717, 1.165) is 23.2 Å². The first-order valence-corrected chi connectivity index (χ1v) is 13.3. The second-order valence-corrected chi connectivity index (χ2v) is 9.51. The molecular formula is C33H33N3O4. The molecule has 5 rings (SSSR count). The molecule has 7 nitrogen and oxygen atoms in total. The molecule has 1 N–H and O–H groups in total. The molecule has 2 heterocycles. The molecule has 1 atom stereocenters. The Balaban J connectivity index is 1.43. The number of aromatic nitrogens is 2. The van der Waals surface area contributed by atoms with Gasteiger partial charge in [-0.15, -0.1) is 0 Å². The highest BCUT2D eigenvalue weighted by Crippen LogP contribution is 2.35. The summed E-state index contributed by atoms with van der Waals surface area (Å²) in [7, 11) is 3.24. The van der Waals surface area contributed by atoms with Crippen LogP contribution in [0.2, 0.25) is 0 Å². The van der Waals surface area contributed by atoms with Crippen molar-refractivity contribution < 1.29 is 19.0 Å². The molecule has 0 aliphatic carbocycles. The summed E-state index contributed by atoms with van der Waals surface area (Å²) in [4.78, 5) is 18.0. The van der Waals surface area contributed by atoms with Crippen LogP contribution in [-0.4, -0.2) is 36.1 Å². The third-order valence-corrected chi connectivity index (χ3v) is 6.87. The predicted molar refractivity (Wildman–Crippen MR) is 155 cm³/mol. The smallest absolute Gasteiger partial charge is 0.221 e. The normalized spacial score (nSPS) is 11.7. The molecule has 0 aliphatic rings. The molecule has 0 aliphatic heterocycles. The van der Waals surface area contributed by atoms with E-state index in [2.05, 4.69) is 17.4 Å². The number of pyridine rings is 1. The SMILES string of the molecule is COc1cc(OC)cc([C@@H](CC(=O)NCCc2ccccc2)c2cnc3c(OCc4ccccc4)cccn23)c1. The van der Waals surface area contributed by atoms with Crippen molar-refractivity contribution >= 4 is 11.6 Å². The number of carbonyl (C=O) groups excluding carboxylic acids is 1. The third-order valence-electron chi connectivity index (χ3n) is 6.87. The summed E-state index contributed by atoms with van der Waals surface area (Å²) in [5.41, 5.74) is 4.71. The molecule has 0 saturated carbocycles. The number of methoxy groups -OCH3 is 2. The molecule has 0 fully saturated rings. The number of carbonyl (C=O) groups is 1. The third kappa shape index (κ3) is 6.43. The maximum Gasteiger partial charge on any atom is 0.221 e. The average Bonchev–Trinajstić information content (AvgIpc) is 3.44. The van der Waals surface area contributed by atoms with Crippen LogP contribution in [0.5, 0.6) is 17.2 Å². The van der Waals surface area contributed by atoms with Crippen molar-refractivity contribution in [1.29, 1.82) is 0 Å². The van der Waals surface area contributed by atoms with Gasteiger partial charge in [-0.25, -0.2) is 4.98 Å². The van der Waals surface area contributed by atoms with Crippen LogP contribution < -0.4 is 19.5 Å². The first-order valence-electron chi connectivity index (χ1n) is 13.3. The van der Waals surface area contributed by atoms with Crippen molar-refractivity contribution in [2.75, 3.05) is 20.8 Å². The second-order valence-electron chi connectivity index (χ2n) is 9.51. The Morgan fingerprint density at radius 3 is 2.23 bits per heavy atom. The lowest BCUT2D eigenvalue weighted by atomic mass is 9.91. The van der Waals surface area contributed by atoms with Gasteiger partial charge in [-0.3, -0.25) is 4.79 Å². The van der Waals surface area contributed by atoms with Crippen LogP contribution in [-0.2, 0) is 17.8 Å². The molecule has 0 bridgehead atoms. The van der Waals surface area contributed by atoms with E-state index >= 15 is 0 Å². The fraction of sp³-hybridized carbons (Fsp3) is 0.212. The van der Waals surface area contributed by atoms with Gasteiger partial charge in [0.2, 0.25) is 5.91 Å². The van der Waals surface area contributed by atoms with Gasteiger partial charge < -0.3 is 23.9 Å². The van der Waals surface area contributed by atoms with Crippen molar-refractivity contribution in [3.63, 3.8) is 0 Å². The molecular weight excluding hydrogens is 502 g/mol. The van der Waals surface area contributed by atoms with Crippen LogP contribution in [0.25, 0.3) is 5.65 Å². The quantitative estimate of drug-likeness (QED) is 0.218. The summed E-state index contributed by atoms with van der Waals surface area (Å²) in [6, 6.07) is 29.7. The highest BCUT2D eigenvalue weighted by atomic mass is 16.5. The Morgan fingerprint density at radius 2 is 1.55 bits per heavy atom. The zero-order chi connectivity index (χ0) is 27.7. The van der Waals surface area contributed by atoms with E-state index < -0.39 is 0 Å². The van der Waals surface area contributed by atoms with Crippen LogP contribution in [0.15, 0.2) is 103 Å². The highest BCUT2D eigenvalue weighted by Gasteiger charge is 2.24. The summed E-state index contributed by atoms with van der Waals surface area (Å²) >= 11 is 0. The van der Waals surface area contributed by atoms with E-state index in [0.29, 0.717) is 36.0 Å². The second kappa shape index (κ2) is 12.8. The number of rotatable bonds is 12. The Hall–Kier alpha value is -4.78. The van der Waals surface area contributed by atoms with E-state index in [1.54, 1.807) is 14.2 Å². The molecule has 7 heteroatoms. The first-order chi connectivity index (χ1) is 19.6. The van der Waals surface area contributed by atoms with Gasteiger partial charge in [0.1, 0.15) is 18.1 Å². The van der Waals surface area contributed by atoms with Crippen LogP contribution >= 0.6 is 0 Å². The zero-order valence-corrected chi connectivity index (χ0v) is 22.7. The number of amides is 1. The monoisotopic (exact) mass is 535 g/mol. The molecule has 0 unspecified atom stereocenters. The van der Waals surface area contributed by atoms with Crippen molar-refractivity contribution in [3.05, 3.63) is 126 Å². The summed E-state index contributed by atoms with van der Waals surface area (Å²) < 4.78 is 19.2. The van der Waals surface area contributed by atoms with Crippen molar-refractivity contribution in [2.45, 2.75) is 25.4 Å². The van der Waals surface area contributed by atoms with E-state index in [1.807, 2.05) is 95.7 Å². The van der Waals surface area contributed by atoms with Crippen LogP contribution in [0, 0.1) is 0 Å². The lowest BCUT2D eigenvalue weighted by Crippen LogP contribution is -2.27. The molecule has 0 spiro atoms. The summed E-state index contributed by atoms with van der Waals surface area (Å²) in [6.07, 6.45) is 4.76. The van der Waals surface area contributed by atoms with Crippen LogP contribution in [0.4, 0.5) is 0 Å². The van der Waals surface area contributed by atoms with Crippen molar-refractivity contribution in [3.8, 4) is 17.2 Å². The standard InChI is InChI=1S/C33H33N3O4/c1-38-27-18-26(19-28(20-27)39-2)29(21-32(37)34-16-15-24-10-5-3-6-11-24)30-22-35-33-31(14-9-17-36(30)33)40-23-25-12-7-4-8-13-25/h3-14,17-20,22,29H,15-16,21,23H2,1-2H3,(H,34,37)/t29-/m1/s1. The van der Waals surface area contributed by atoms with Gasteiger partial charge in [0, 0.05) is 37.3 Å². The molecule has 2 aromatic heterocycles. The Kier molecular flexibility index (Phi) is 8.61. The minimum Gasteiger partial charge on any atom is -0.497 e. The zero-order valence-electron chi connectivity index (χ0n) is 22.7. The van der Waals surface area contributed by atoms with Crippen LogP contribution in [0.1, 0.15) is 34.7 Å². The van der Waals surface area contributed by atoms with E-state index in [1.165, 1.54) is 5.56 Å². The number of hydrogen-bond donors (Lipinski definition) is 1. The van der Waals surface area contributed by atoms with E-state index in [9.17, 15) is 4.79 Å². The number of ether oxygens (including phenoxy) is 3. The van der Waals surface area contributed by atoms with Crippen molar-refractivity contribution in [1.82, 2.24) is 14.7 Å². The predicted octanol–water partition coefficient (Wildman–Crippen LogP) is 5.81. The minimum absolute atomic E-state index is 0.0471. The van der Waals surface area contributed by atoms with Crippen molar-refractivity contribution in [2.24, 2.45) is 0 Å². The van der Waals surface area contributed by atoms with Crippen LogP contribution in [0.3, 0.4) is 0 Å². The number of benzene rings is 3. The molecule has 0 saturated heterocycles. The number of imidazole rings is 1. The minimum atomic E-state index is -0.305. The lowest BCUT2D eigenvalue weighted by Gasteiger charge is -2.19. The number of fused-ring (bicyclic) bond motifs is 1. The summed E-state index contributed by atoms with van der Waals surface area (Å²) in [5.74, 6) is 1.63. The largest absolute Gasteiger partial charge is 0.497 e. The summed E-state index contributed by atoms with van der Waals surface area (Å²) in [5, 5.41) is 3.09. The first kappa shape index (κ1) is 26.8. The maximum atomic E-state index is 13.3. The van der Waals surface area contributed by atoms with Gasteiger partial charge in [0.15, 0.2) is 11.4 Å². The average molecular weight is 536 g/mol. The Labute approximate surface area is 234 Å². The van der Waals surface area contributed by atoms with E-state index in [4.69, 9.17) is 19.2 Å². The molecule has 5 aromatic rings. The Bertz CT molecular complexity index is 1530. The van der Waals surface area contributed by atoms with E-state index in [-0.39, 0.29) is 18.2 Å². The fourth-order valence-corrected chi connectivity index (χ4v) is 4.78. The van der Waals surface area contributed by atoms with Gasteiger partial charge in [-0.05, 0) is 47.4 Å². The van der Waals surface area contributed by atoms with Gasteiger partial charge in [0.25, 0.3) is 0 Å². The topological polar surface area (TPSA) is 74.1 Å². The fourth-order valence-electron chi connectivity index (χ4n) is 4.78. The van der Waals surface area contributed by atoms with Gasteiger partial charge >= 0.3 is 0 Å². The molecule has 3 aromatic carbocycles. The molecule has 0 radical (unpaired) electrons. The van der Waals surface area contributed by atoms with Gasteiger partial charge in [0.05, 0.1) is 19.9 Å². The molecule has 1 amide bonds. The maximum absolute atomic E-state index is 13.3.